The number of hydrogen-bond acceptors (Lipinski definition) is 4. The van der Waals surface area contributed by atoms with Gasteiger partial charge in [0.2, 0.25) is 0 Å². The fraction of sp³-hybridized carbons (Fsp3) is 0.818. The van der Waals surface area contributed by atoms with Crippen molar-refractivity contribution < 1.29 is 24.2 Å². The minimum Gasteiger partial charge on any atom is -0.480 e. The fourth-order valence-electron chi connectivity index (χ4n) is 0.859. The zero-order valence-corrected chi connectivity index (χ0v) is 10.5. The molecule has 0 fully saturated rings. The minimum absolute atomic E-state index is 0.150. The molecular formula is C11H20O5. The lowest BCUT2D eigenvalue weighted by Crippen LogP contribution is -2.44. The predicted molar refractivity (Wildman–Crippen MR) is 58.1 cm³/mol. The van der Waals surface area contributed by atoms with Gasteiger partial charge in [-0.25, -0.2) is 0 Å². The van der Waals surface area contributed by atoms with E-state index in [9.17, 15) is 9.59 Å². The molecule has 0 aliphatic rings. The lowest BCUT2D eigenvalue weighted by molar-refractivity contribution is -0.175. The molecule has 94 valence electrons. The summed E-state index contributed by atoms with van der Waals surface area (Å²) in [5.41, 5.74) is -2.15. The van der Waals surface area contributed by atoms with Crippen LogP contribution in [-0.2, 0) is 19.1 Å². The van der Waals surface area contributed by atoms with E-state index in [1.54, 1.807) is 27.7 Å². The van der Waals surface area contributed by atoms with E-state index in [2.05, 4.69) is 0 Å². The van der Waals surface area contributed by atoms with Crippen molar-refractivity contribution in [3.8, 4) is 0 Å². The third-order valence-corrected chi connectivity index (χ3v) is 1.99. The second-order valence-corrected chi connectivity index (χ2v) is 4.76. The van der Waals surface area contributed by atoms with Crippen LogP contribution in [0.4, 0.5) is 0 Å². The SMILES string of the molecule is CCOC(=O)C(C)(COC(C)(C)C)C(=O)O. The van der Waals surface area contributed by atoms with Gasteiger partial charge in [0.05, 0.1) is 18.8 Å². The summed E-state index contributed by atoms with van der Waals surface area (Å²) in [6.07, 6.45) is 0. The number of esters is 1. The minimum atomic E-state index is -1.65. The molecule has 0 heterocycles. The van der Waals surface area contributed by atoms with Crippen LogP contribution in [0.5, 0.6) is 0 Å². The molecular weight excluding hydrogens is 212 g/mol. The van der Waals surface area contributed by atoms with Crippen LogP contribution < -0.4 is 0 Å². The van der Waals surface area contributed by atoms with Crippen molar-refractivity contribution in [2.75, 3.05) is 13.2 Å². The van der Waals surface area contributed by atoms with Gasteiger partial charge in [0, 0.05) is 0 Å². The summed E-state index contributed by atoms with van der Waals surface area (Å²) in [7, 11) is 0. The lowest BCUT2D eigenvalue weighted by atomic mass is 9.92. The van der Waals surface area contributed by atoms with Crippen LogP contribution in [0.3, 0.4) is 0 Å². The summed E-state index contributed by atoms with van der Waals surface area (Å²) in [4.78, 5) is 22.6. The molecule has 0 aromatic rings. The second kappa shape index (κ2) is 5.30. The van der Waals surface area contributed by atoms with Gasteiger partial charge in [-0.15, -0.1) is 0 Å². The van der Waals surface area contributed by atoms with E-state index in [1.165, 1.54) is 6.92 Å². The standard InChI is InChI=1S/C11H20O5/c1-6-15-9(14)11(5,8(12)13)7-16-10(2,3)4/h6-7H2,1-5H3,(H,12,13). The summed E-state index contributed by atoms with van der Waals surface area (Å²) >= 11 is 0. The highest BCUT2D eigenvalue weighted by molar-refractivity contribution is 5.98. The monoisotopic (exact) mass is 232 g/mol. The smallest absolute Gasteiger partial charge is 0.325 e. The van der Waals surface area contributed by atoms with Gasteiger partial charge in [0.1, 0.15) is 0 Å². The van der Waals surface area contributed by atoms with Gasteiger partial charge in [-0.2, -0.15) is 0 Å². The average Bonchev–Trinajstić information content (AvgIpc) is 2.13. The van der Waals surface area contributed by atoms with Crippen LogP contribution in [-0.4, -0.2) is 35.9 Å². The number of ether oxygens (including phenoxy) is 2. The number of hydrogen-bond donors (Lipinski definition) is 1. The molecule has 0 aromatic carbocycles. The van der Waals surface area contributed by atoms with Crippen LogP contribution in [0.1, 0.15) is 34.6 Å². The molecule has 1 N–H and O–H groups in total. The van der Waals surface area contributed by atoms with E-state index in [1.807, 2.05) is 0 Å². The molecule has 16 heavy (non-hydrogen) atoms. The normalized spacial score (nSPS) is 15.3. The van der Waals surface area contributed by atoms with Gasteiger partial charge in [-0.3, -0.25) is 9.59 Å². The summed E-state index contributed by atoms with van der Waals surface area (Å²) in [5, 5.41) is 9.05. The first-order valence-corrected chi connectivity index (χ1v) is 5.18. The molecule has 0 rings (SSSR count). The van der Waals surface area contributed by atoms with E-state index in [4.69, 9.17) is 14.6 Å². The van der Waals surface area contributed by atoms with Crippen LogP contribution in [0, 0.1) is 5.41 Å². The van der Waals surface area contributed by atoms with Crippen molar-refractivity contribution in [1.29, 1.82) is 0 Å². The van der Waals surface area contributed by atoms with Gasteiger partial charge in [0.25, 0.3) is 0 Å². The number of carboxylic acids is 1. The van der Waals surface area contributed by atoms with E-state index < -0.39 is 23.0 Å². The van der Waals surface area contributed by atoms with Crippen molar-refractivity contribution in [3.05, 3.63) is 0 Å². The first-order chi connectivity index (χ1) is 7.13. The highest BCUT2D eigenvalue weighted by Crippen LogP contribution is 2.22. The molecule has 0 amide bonds. The number of carbonyl (C=O) groups is 2. The maximum absolute atomic E-state index is 11.5. The molecule has 0 radical (unpaired) electrons. The van der Waals surface area contributed by atoms with Crippen molar-refractivity contribution in [2.24, 2.45) is 5.41 Å². The van der Waals surface area contributed by atoms with Crippen LogP contribution in [0.15, 0.2) is 0 Å². The maximum Gasteiger partial charge on any atom is 0.325 e. The van der Waals surface area contributed by atoms with Crippen molar-refractivity contribution in [2.45, 2.75) is 40.2 Å². The Hall–Kier alpha value is -1.10. The van der Waals surface area contributed by atoms with Crippen molar-refractivity contribution in [3.63, 3.8) is 0 Å². The largest absolute Gasteiger partial charge is 0.480 e. The Morgan fingerprint density at radius 1 is 1.19 bits per heavy atom. The van der Waals surface area contributed by atoms with Gasteiger partial charge in [0.15, 0.2) is 5.41 Å². The van der Waals surface area contributed by atoms with E-state index >= 15 is 0 Å². The molecule has 0 saturated carbocycles. The highest BCUT2D eigenvalue weighted by atomic mass is 16.5. The number of aliphatic carboxylic acids is 1. The molecule has 0 aliphatic carbocycles. The Kier molecular flexibility index (Phi) is 4.93. The Balaban J connectivity index is 4.71. The summed E-state index contributed by atoms with van der Waals surface area (Å²) < 4.78 is 10.1. The van der Waals surface area contributed by atoms with Crippen LogP contribution in [0.2, 0.25) is 0 Å². The number of rotatable bonds is 5. The zero-order chi connectivity index (χ0) is 13.0. The second-order valence-electron chi connectivity index (χ2n) is 4.76. The first-order valence-electron chi connectivity index (χ1n) is 5.18. The molecule has 1 unspecified atom stereocenters. The Morgan fingerprint density at radius 2 is 1.69 bits per heavy atom. The van der Waals surface area contributed by atoms with E-state index in [0.717, 1.165) is 0 Å². The summed E-state index contributed by atoms with van der Waals surface area (Å²) in [5.74, 6) is -2.01. The molecule has 0 spiro atoms. The Bertz CT molecular complexity index is 266. The number of carboxylic acid groups (broad SMARTS) is 1. The fourth-order valence-corrected chi connectivity index (χ4v) is 0.859. The van der Waals surface area contributed by atoms with E-state index in [0.29, 0.717) is 0 Å². The molecule has 0 saturated heterocycles. The average molecular weight is 232 g/mol. The quantitative estimate of drug-likeness (QED) is 0.573. The van der Waals surface area contributed by atoms with Crippen molar-refractivity contribution >= 4 is 11.9 Å². The topological polar surface area (TPSA) is 72.8 Å². The van der Waals surface area contributed by atoms with E-state index in [-0.39, 0.29) is 13.2 Å². The van der Waals surface area contributed by atoms with Crippen LogP contribution >= 0.6 is 0 Å². The van der Waals surface area contributed by atoms with Crippen LogP contribution in [0.25, 0.3) is 0 Å². The summed E-state index contributed by atoms with van der Waals surface area (Å²) in [6, 6.07) is 0. The molecule has 5 heteroatoms. The van der Waals surface area contributed by atoms with Gasteiger partial charge in [-0.05, 0) is 34.6 Å². The Morgan fingerprint density at radius 3 is 2.00 bits per heavy atom. The van der Waals surface area contributed by atoms with Gasteiger partial charge in [-0.1, -0.05) is 0 Å². The molecule has 5 nitrogen and oxygen atoms in total. The highest BCUT2D eigenvalue weighted by Gasteiger charge is 2.44. The zero-order valence-electron chi connectivity index (χ0n) is 10.5. The third kappa shape index (κ3) is 4.18. The molecule has 0 aliphatic heterocycles. The maximum atomic E-state index is 11.5. The first kappa shape index (κ1) is 14.9. The molecule has 0 bridgehead atoms. The molecule has 1 atom stereocenters. The van der Waals surface area contributed by atoms with Gasteiger partial charge < -0.3 is 14.6 Å². The van der Waals surface area contributed by atoms with Crippen molar-refractivity contribution in [1.82, 2.24) is 0 Å². The predicted octanol–water partition coefficient (Wildman–Crippen LogP) is 1.46. The Labute approximate surface area is 95.7 Å². The lowest BCUT2D eigenvalue weighted by Gasteiger charge is -2.27. The third-order valence-electron chi connectivity index (χ3n) is 1.99. The molecule has 0 aromatic heterocycles. The number of carbonyl (C=O) groups excluding carboxylic acids is 1. The summed E-state index contributed by atoms with van der Waals surface area (Å²) in [6.45, 7) is 8.26. The van der Waals surface area contributed by atoms with Gasteiger partial charge >= 0.3 is 11.9 Å².